The number of hydrogen-bond acceptors (Lipinski definition) is 5. The summed E-state index contributed by atoms with van der Waals surface area (Å²) in [6.07, 6.45) is 0. The van der Waals surface area contributed by atoms with Crippen LogP contribution in [0.3, 0.4) is 0 Å². The number of thioether (sulfide) groups is 1. The Morgan fingerprint density at radius 1 is 1.18 bits per heavy atom. The third kappa shape index (κ3) is 5.11. The molecular formula is C20H19ClFN3O2S. The standard InChI is InChI=1S/C20H19ClFN3O2S/c1-20(2,15-5-3-4-6-16(15)22)12-23-17(26)11-28-19-25-24-18(27-19)13-7-9-14(21)10-8-13/h3-10H,11-12H2,1-2H3,(H,23,26). The lowest BCUT2D eigenvalue weighted by atomic mass is 9.84. The van der Waals surface area contributed by atoms with Crippen LogP contribution in [-0.2, 0) is 10.2 Å². The number of carbonyl (C=O) groups excluding carboxylic acids is 1. The highest BCUT2D eigenvalue weighted by Gasteiger charge is 2.24. The summed E-state index contributed by atoms with van der Waals surface area (Å²) in [5, 5.41) is 11.7. The van der Waals surface area contributed by atoms with Gasteiger partial charge < -0.3 is 9.73 Å². The van der Waals surface area contributed by atoms with Crippen molar-refractivity contribution < 1.29 is 13.6 Å². The summed E-state index contributed by atoms with van der Waals surface area (Å²) in [6.45, 7) is 4.08. The number of rotatable bonds is 7. The Kier molecular flexibility index (Phi) is 6.36. The van der Waals surface area contributed by atoms with Crippen LogP contribution in [0, 0.1) is 5.82 Å². The van der Waals surface area contributed by atoms with E-state index in [-0.39, 0.29) is 17.5 Å². The highest BCUT2D eigenvalue weighted by Crippen LogP contribution is 2.26. The second-order valence-electron chi connectivity index (χ2n) is 6.81. The van der Waals surface area contributed by atoms with Gasteiger partial charge in [-0.25, -0.2) is 4.39 Å². The lowest BCUT2D eigenvalue weighted by Gasteiger charge is -2.26. The number of hydrogen-bond donors (Lipinski definition) is 1. The van der Waals surface area contributed by atoms with Crippen molar-refractivity contribution in [2.24, 2.45) is 0 Å². The zero-order valence-electron chi connectivity index (χ0n) is 15.4. The zero-order chi connectivity index (χ0) is 20.1. The maximum atomic E-state index is 14.0. The molecule has 0 saturated carbocycles. The summed E-state index contributed by atoms with van der Waals surface area (Å²) in [5.41, 5.74) is 0.782. The van der Waals surface area contributed by atoms with E-state index in [1.54, 1.807) is 42.5 Å². The SMILES string of the molecule is CC(C)(CNC(=O)CSc1nnc(-c2ccc(Cl)cc2)o1)c1ccccc1F. The van der Waals surface area contributed by atoms with Crippen LogP contribution in [0.2, 0.25) is 5.02 Å². The van der Waals surface area contributed by atoms with Gasteiger partial charge in [-0.15, -0.1) is 10.2 Å². The monoisotopic (exact) mass is 419 g/mol. The summed E-state index contributed by atoms with van der Waals surface area (Å²) in [4.78, 5) is 12.2. The molecule has 0 aliphatic heterocycles. The molecule has 3 aromatic rings. The van der Waals surface area contributed by atoms with E-state index < -0.39 is 5.41 Å². The minimum absolute atomic E-state index is 0.121. The molecule has 0 spiro atoms. The van der Waals surface area contributed by atoms with Crippen molar-refractivity contribution in [1.82, 2.24) is 15.5 Å². The molecule has 146 valence electrons. The summed E-state index contributed by atoms with van der Waals surface area (Å²) < 4.78 is 19.6. The van der Waals surface area contributed by atoms with Gasteiger partial charge in [-0.2, -0.15) is 0 Å². The summed E-state index contributed by atoms with van der Waals surface area (Å²) in [7, 11) is 0. The summed E-state index contributed by atoms with van der Waals surface area (Å²) in [5.74, 6) is 0.00733. The molecule has 8 heteroatoms. The molecule has 0 fully saturated rings. The molecule has 3 rings (SSSR count). The quantitative estimate of drug-likeness (QED) is 0.561. The van der Waals surface area contributed by atoms with Gasteiger partial charge in [0.1, 0.15) is 5.82 Å². The Hall–Kier alpha value is -2.38. The van der Waals surface area contributed by atoms with Gasteiger partial charge in [-0.05, 0) is 35.9 Å². The highest BCUT2D eigenvalue weighted by molar-refractivity contribution is 7.99. The number of carbonyl (C=O) groups is 1. The molecule has 2 aromatic carbocycles. The molecule has 0 bridgehead atoms. The molecule has 5 nitrogen and oxygen atoms in total. The van der Waals surface area contributed by atoms with Crippen LogP contribution in [0.5, 0.6) is 0 Å². The van der Waals surface area contributed by atoms with Gasteiger partial charge in [-0.3, -0.25) is 4.79 Å². The molecule has 1 aromatic heterocycles. The van der Waals surface area contributed by atoms with Crippen LogP contribution >= 0.6 is 23.4 Å². The minimum Gasteiger partial charge on any atom is -0.411 e. The van der Waals surface area contributed by atoms with E-state index in [9.17, 15) is 9.18 Å². The maximum Gasteiger partial charge on any atom is 0.277 e. The smallest absolute Gasteiger partial charge is 0.277 e. The van der Waals surface area contributed by atoms with Crippen molar-refractivity contribution in [1.29, 1.82) is 0 Å². The van der Waals surface area contributed by atoms with E-state index >= 15 is 0 Å². The molecule has 1 N–H and O–H groups in total. The van der Waals surface area contributed by atoms with Crippen LogP contribution in [0.15, 0.2) is 58.2 Å². The molecule has 0 saturated heterocycles. The fourth-order valence-electron chi connectivity index (χ4n) is 2.58. The van der Waals surface area contributed by atoms with Crippen LogP contribution < -0.4 is 5.32 Å². The van der Waals surface area contributed by atoms with E-state index in [4.69, 9.17) is 16.0 Å². The number of aromatic nitrogens is 2. The van der Waals surface area contributed by atoms with E-state index in [1.165, 1.54) is 6.07 Å². The van der Waals surface area contributed by atoms with Crippen molar-refractivity contribution in [2.75, 3.05) is 12.3 Å². The van der Waals surface area contributed by atoms with Gasteiger partial charge in [-0.1, -0.05) is 55.4 Å². The Labute approximate surface area is 171 Å². The van der Waals surface area contributed by atoms with Gasteiger partial charge >= 0.3 is 0 Å². The Morgan fingerprint density at radius 3 is 2.61 bits per heavy atom. The average molecular weight is 420 g/mol. The van der Waals surface area contributed by atoms with Gasteiger partial charge in [0, 0.05) is 22.5 Å². The highest BCUT2D eigenvalue weighted by atomic mass is 35.5. The van der Waals surface area contributed by atoms with Gasteiger partial charge in [0.05, 0.1) is 5.75 Å². The predicted molar refractivity (Wildman–Crippen MR) is 108 cm³/mol. The normalized spacial score (nSPS) is 11.4. The van der Waals surface area contributed by atoms with E-state index in [1.807, 2.05) is 13.8 Å². The number of amides is 1. The fourth-order valence-corrected chi connectivity index (χ4v) is 3.30. The second kappa shape index (κ2) is 8.75. The van der Waals surface area contributed by atoms with Crippen LogP contribution in [0.25, 0.3) is 11.5 Å². The van der Waals surface area contributed by atoms with Gasteiger partial charge in [0.2, 0.25) is 11.8 Å². The molecule has 28 heavy (non-hydrogen) atoms. The largest absolute Gasteiger partial charge is 0.411 e. The zero-order valence-corrected chi connectivity index (χ0v) is 17.0. The predicted octanol–water partition coefficient (Wildman–Crippen LogP) is 4.72. The number of nitrogens with zero attached hydrogens (tertiary/aromatic N) is 2. The first kappa shape index (κ1) is 20.4. The van der Waals surface area contributed by atoms with Crippen LogP contribution in [0.1, 0.15) is 19.4 Å². The van der Waals surface area contributed by atoms with Crippen molar-refractivity contribution in [3.05, 3.63) is 64.9 Å². The Bertz CT molecular complexity index is 960. The van der Waals surface area contributed by atoms with Crippen LogP contribution in [0.4, 0.5) is 4.39 Å². The first-order valence-corrected chi connectivity index (χ1v) is 9.95. The molecule has 0 atom stereocenters. The van der Waals surface area contributed by atoms with Gasteiger partial charge in [0.25, 0.3) is 5.22 Å². The van der Waals surface area contributed by atoms with E-state index in [0.29, 0.717) is 28.2 Å². The Balaban J connectivity index is 1.52. The van der Waals surface area contributed by atoms with Gasteiger partial charge in [0.15, 0.2) is 0 Å². The van der Waals surface area contributed by atoms with Crippen molar-refractivity contribution >= 4 is 29.3 Å². The molecule has 1 amide bonds. The lowest BCUT2D eigenvalue weighted by Crippen LogP contribution is -2.38. The van der Waals surface area contributed by atoms with E-state index in [0.717, 1.165) is 17.3 Å². The third-order valence-electron chi connectivity index (χ3n) is 4.15. The minimum atomic E-state index is -0.530. The number of nitrogens with one attached hydrogen (secondary N) is 1. The molecule has 0 radical (unpaired) electrons. The van der Waals surface area contributed by atoms with Crippen molar-refractivity contribution in [2.45, 2.75) is 24.5 Å². The lowest BCUT2D eigenvalue weighted by molar-refractivity contribution is -0.118. The average Bonchev–Trinajstić information content (AvgIpc) is 3.14. The second-order valence-corrected chi connectivity index (χ2v) is 8.17. The molecule has 1 heterocycles. The topological polar surface area (TPSA) is 68.0 Å². The number of halogens is 2. The molecule has 0 aliphatic rings. The number of benzene rings is 2. The first-order chi connectivity index (χ1) is 13.3. The summed E-state index contributed by atoms with van der Waals surface area (Å²) >= 11 is 7.01. The summed E-state index contributed by atoms with van der Waals surface area (Å²) in [6, 6.07) is 13.6. The maximum absolute atomic E-state index is 14.0. The molecule has 0 aliphatic carbocycles. The van der Waals surface area contributed by atoms with Crippen LogP contribution in [-0.4, -0.2) is 28.4 Å². The first-order valence-electron chi connectivity index (χ1n) is 8.59. The third-order valence-corrected chi connectivity index (χ3v) is 5.23. The van der Waals surface area contributed by atoms with E-state index in [2.05, 4.69) is 15.5 Å². The molecule has 0 unspecified atom stereocenters. The van der Waals surface area contributed by atoms with Crippen molar-refractivity contribution in [3.63, 3.8) is 0 Å². The fraction of sp³-hybridized carbons (Fsp3) is 0.250. The Morgan fingerprint density at radius 2 is 1.89 bits per heavy atom. The molecular weight excluding hydrogens is 401 g/mol. The van der Waals surface area contributed by atoms with Crippen molar-refractivity contribution in [3.8, 4) is 11.5 Å².